The summed E-state index contributed by atoms with van der Waals surface area (Å²) in [6.45, 7) is 13.8. The minimum absolute atomic E-state index is 0.550. The summed E-state index contributed by atoms with van der Waals surface area (Å²) < 4.78 is 7.66. The molecule has 2 fully saturated rings. The Kier molecular flexibility index (Phi) is 7.67. The first kappa shape index (κ1) is 21.0. The predicted molar refractivity (Wildman–Crippen MR) is 111 cm³/mol. The number of rotatable bonds is 8. The van der Waals surface area contributed by atoms with Gasteiger partial charge in [-0.25, -0.2) is 4.99 Å². The van der Waals surface area contributed by atoms with E-state index in [0.29, 0.717) is 18.5 Å². The number of nitrogens with one attached hydrogen (secondary N) is 1. The fraction of sp³-hybridized carbons (Fsp3) is 0.850. The van der Waals surface area contributed by atoms with Gasteiger partial charge >= 0.3 is 0 Å². The molecule has 1 aromatic heterocycles. The summed E-state index contributed by atoms with van der Waals surface area (Å²) in [5, 5.41) is 12.1. The Labute approximate surface area is 169 Å². The maximum Gasteiger partial charge on any atom is 0.194 e. The lowest BCUT2D eigenvalue weighted by Gasteiger charge is -2.27. The van der Waals surface area contributed by atoms with Gasteiger partial charge < -0.3 is 19.5 Å². The molecule has 2 unspecified atom stereocenters. The number of aryl methyl sites for hydroxylation is 1. The van der Waals surface area contributed by atoms with Gasteiger partial charge in [0.1, 0.15) is 12.4 Å². The van der Waals surface area contributed by atoms with Gasteiger partial charge in [-0.1, -0.05) is 6.92 Å². The first-order chi connectivity index (χ1) is 13.6. The molecule has 2 saturated heterocycles. The Balaban J connectivity index is 1.65. The minimum Gasteiger partial charge on any atom is -0.381 e. The highest BCUT2D eigenvalue weighted by atomic mass is 16.5. The molecule has 2 aliphatic rings. The van der Waals surface area contributed by atoms with Crippen molar-refractivity contribution >= 4 is 5.96 Å². The van der Waals surface area contributed by atoms with E-state index in [0.717, 1.165) is 63.4 Å². The molecule has 28 heavy (non-hydrogen) atoms. The Bertz CT molecular complexity index is 644. The standard InChI is InChI=1S/C20H37N7O/c1-5-26-10-7-8-18(26)12-21-20(22-13-19-24-23-16(3)25(19)4)27-11-9-17(14-27)15-28-6-2/h17-18H,5-15H2,1-4H3,(H,21,22). The molecule has 0 spiro atoms. The molecule has 0 saturated carbocycles. The van der Waals surface area contributed by atoms with E-state index in [9.17, 15) is 0 Å². The molecule has 3 heterocycles. The third kappa shape index (κ3) is 5.23. The van der Waals surface area contributed by atoms with E-state index in [1.165, 1.54) is 19.4 Å². The summed E-state index contributed by atoms with van der Waals surface area (Å²) in [4.78, 5) is 9.88. The predicted octanol–water partition coefficient (Wildman–Crippen LogP) is 1.41. The van der Waals surface area contributed by atoms with Gasteiger partial charge in [-0.05, 0) is 46.2 Å². The van der Waals surface area contributed by atoms with Crippen LogP contribution in [0.15, 0.2) is 4.99 Å². The van der Waals surface area contributed by atoms with Crippen LogP contribution in [0, 0.1) is 12.8 Å². The van der Waals surface area contributed by atoms with Crippen molar-refractivity contribution in [2.24, 2.45) is 18.0 Å². The SMILES string of the molecule is CCOCC1CCN(C(=NCc2nnc(C)n2C)NCC2CCCN2CC)C1. The van der Waals surface area contributed by atoms with Crippen molar-refractivity contribution in [2.75, 3.05) is 45.9 Å². The molecular weight excluding hydrogens is 354 g/mol. The summed E-state index contributed by atoms with van der Waals surface area (Å²) >= 11 is 0. The monoisotopic (exact) mass is 391 g/mol. The van der Waals surface area contributed by atoms with E-state index < -0.39 is 0 Å². The highest BCUT2D eigenvalue weighted by molar-refractivity contribution is 5.80. The number of nitrogens with zero attached hydrogens (tertiary/aromatic N) is 6. The third-order valence-corrected chi connectivity index (χ3v) is 6.10. The van der Waals surface area contributed by atoms with Gasteiger partial charge in [-0.2, -0.15) is 0 Å². The normalized spacial score (nSPS) is 23.7. The minimum atomic E-state index is 0.550. The van der Waals surface area contributed by atoms with E-state index in [2.05, 4.69) is 39.2 Å². The van der Waals surface area contributed by atoms with Crippen LogP contribution < -0.4 is 5.32 Å². The van der Waals surface area contributed by atoms with Gasteiger partial charge in [0.2, 0.25) is 0 Å². The van der Waals surface area contributed by atoms with Gasteiger partial charge in [0.25, 0.3) is 0 Å². The molecule has 0 bridgehead atoms. The van der Waals surface area contributed by atoms with Crippen molar-refractivity contribution in [2.45, 2.75) is 52.6 Å². The quantitative estimate of drug-likeness (QED) is 0.534. The number of ether oxygens (including phenoxy) is 1. The second kappa shape index (κ2) is 10.2. The van der Waals surface area contributed by atoms with Gasteiger partial charge in [0, 0.05) is 45.2 Å². The average Bonchev–Trinajstić information content (AvgIpc) is 3.42. The zero-order valence-electron chi connectivity index (χ0n) is 18.0. The molecule has 3 rings (SSSR count). The van der Waals surface area contributed by atoms with E-state index in [-0.39, 0.29) is 0 Å². The van der Waals surface area contributed by atoms with E-state index in [1.807, 2.05) is 18.5 Å². The topological polar surface area (TPSA) is 70.8 Å². The lowest BCUT2D eigenvalue weighted by atomic mass is 10.1. The zero-order chi connectivity index (χ0) is 19.9. The van der Waals surface area contributed by atoms with Gasteiger partial charge in [0.15, 0.2) is 11.8 Å². The largest absolute Gasteiger partial charge is 0.381 e. The fourth-order valence-corrected chi connectivity index (χ4v) is 4.20. The number of aliphatic imine (C=N–C) groups is 1. The highest BCUT2D eigenvalue weighted by Crippen LogP contribution is 2.18. The number of guanidine groups is 1. The maximum absolute atomic E-state index is 5.65. The van der Waals surface area contributed by atoms with Crippen LogP contribution in [0.25, 0.3) is 0 Å². The number of hydrogen-bond acceptors (Lipinski definition) is 5. The third-order valence-electron chi connectivity index (χ3n) is 6.10. The van der Waals surface area contributed by atoms with Gasteiger partial charge in [-0.3, -0.25) is 4.90 Å². The summed E-state index contributed by atoms with van der Waals surface area (Å²) in [6.07, 6.45) is 3.73. The number of hydrogen-bond donors (Lipinski definition) is 1. The van der Waals surface area contributed by atoms with Crippen molar-refractivity contribution < 1.29 is 4.74 Å². The molecule has 0 amide bonds. The van der Waals surface area contributed by atoms with Crippen LogP contribution in [0.4, 0.5) is 0 Å². The molecular formula is C20H37N7O. The van der Waals surface area contributed by atoms with Crippen molar-refractivity contribution in [1.82, 2.24) is 29.9 Å². The Morgan fingerprint density at radius 3 is 2.82 bits per heavy atom. The second-order valence-corrected chi connectivity index (χ2v) is 7.93. The molecule has 0 aromatic carbocycles. The molecule has 1 aromatic rings. The number of likely N-dealkylation sites (tertiary alicyclic amines) is 2. The van der Waals surface area contributed by atoms with Crippen molar-refractivity contribution in [3.8, 4) is 0 Å². The smallest absolute Gasteiger partial charge is 0.194 e. The van der Waals surface area contributed by atoms with Crippen LogP contribution in [-0.4, -0.2) is 82.5 Å². The average molecular weight is 392 g/mol. The molecule has 158 valence electrons. The summed E-state index contributed by atoms with van der Waals surface area (Å²) in [5.74, 6) is 3.41. The number of aromatic nitrogens is 3. The van der Waals surface area contributed by atoms with Crippen LogP contribution in [0.1, 0.15) is 44.8 Å². The van der Waals surface area contributed by atoms with E-state index >= 15 is 0 Å². The zero-order valence-corrected chi connectivity index (χ0v) is 18.0. The first-order valence-electron chi connectivity index (χ1n) is 10.8. The Hall–Kier alpha value is -1.67. The van der Waals surface area contributed by atoms with Crippen molar-refractivity contribution in [3.63, 3.8) is 0 Å². The van der Waals surface area contributed by atoms with Crippen LogP contribution >= 0.6 is 0 Å². The molecule has 2 atom stereocenters. The van der Waals surface area contributed by atoms with Crippen LogP contribution in [0.2, 0.25) is 0 Å². The lowest BCUT2D eigenvalue weighted by Crippen LogP contribution is -2.46. The Morgan fingerprint density at radius 2 is 2.11 bits per heavy atom. The van der Waals surface area contributed by atoms with E-state index in [4.69, 9.17) is 9.73 Å². The van der Waals surface area contributed by atoms with Crippen LogP contribution in [0.3, 0.4) is 0 Å². The Morgan fingerprint density at radius 1 is 1.25 bits per heavy atom. The number of likely N-dealkylation sites (N-methyl/N-ethyl adjacent to an activating group) is 1. The van der Waals surface area contributed by atoms with Crippen molar-refractivity contribution in [3.05, 3.63) is 11.6 Å². The fourth-order valence-electron chi connectivity index (χ4n) is 4.20. The lowest BCUT2D eigenvalue weighted by molar-refractivity contribution is 0.114. The molecule has 0 radical (unpaired) electrons. The summed E-state index contributed by atoms with van der Waals surface area (Å²) in [5.41, 5.74) is 0. The van der Waals surface area contributed by atoms with Crippen molar-refractivity contribution in [1.29, 1.82) is 0 Å². The summed E-state index contributed by atoms with van der Waals surface area (Å²) in [6, 6.07) is 0.606. The molecule has 1 N–H and O–H groups in total. The molecule has 0 aliphatic carbocycles. The summed E-state index contributed by atoms with van der Waals surface area (Å²) in [7, 11) is 2.00. The van der Waals surface area contributed by atoms with Crippen LogP contribution in [-0.2, 0) is 18.3 Å². The molecule has 8 heteroatoms. The molecule has 8 nitrogen and oxygen atoms in total. The van der Waals surface area contributed by atoms with Crippen LogP contribution in [0.5, 0.6) is 0 Å². The molecule has 2 aliphatic heterocycles. The second-order valence-electron chi connectivity index (χ2n) is 7.93. The van der Waals surface area contributed by atoms with E-state index in [1.54, 1.807) is 0 Å². The van der Waals surface area contributed by atoms with Gasteiger partial charge in [-0.15, -0.1) is 10.2 Å². The van der Waals surface area contributed by atoms with Gasteiger partial charge in [0.05, 0.1) is 6.61 Å². The highest BCUT2D eigenvalue weighted by Gasteiger charge is 2.27. The maximum atomic E-state index is 5.65. The first-order valence-corrected chi connectivity index (χ1v) is 10.8.